The van der Waals surface area contributed by atoms with Gasteiger partial charge in [0.25, 0.3) is 5.91 Å². The lowest BCUT2D eigenvalue weighted by molar-refractivity contribution is -0.106. The van der Waals surface area contributed by atoms with Gasteiger partial charge in [0.05, 0.1) is 22.9 Å². The van der Waals surface area contributed by atoms with Gasteiger partial charge in [0.2, 0.25) is 0 Å². The molecule has 4 aromatic rings. The number of nitrogen functional groups attached to an aromatic ring is 1. The third kappa shape index (κ3) is 15.8. The van der Waals surface area contributed by atoms with Crippen molar-refractivity contribution in [2.45, 2.75) is 50.8 Å². The van der Waals surface area contributed by atoms with Crippen LogP contribution in [0.4, 0.5) is 46.5 Å². The Kier molecular flexibility index (Phi) is 19.3. The molecular formula is C36H48F8N6OS2. The van der Waals surface area contributed by atoms with E-state index in [1.165, 1.54) is 18.2 Å². The lowest BCUT2D eigenvalue weighted by Gasteiger charge is -2.17. The molecule has 0 spiro atoms. The molecule has 0 saturated carbocycles. The zero-order chi connectivity index (χ0) is 38.8. The average Bonchev–Trinajstić information content (AvgIpc) is 3.64. The number of aliphatic imine (C=N–C) groups is 1. The number of amidine groups is 1. The van der Waals surface area contributed by atoms with Gasteiger partial charge < -0.3 is 24.7 Å². The number of amides is 1. The number of benzene rings is 2. The molecule has 0 saturated heterocycles. The molecule has 0 aliphatic heterocycles. The van der Waals surface area contributed by atoms with Gasteiger partial charge in [-0.3, -0.25) is 4.79 Å². The predicted octanol–water partition coefficient (Wildman–Crippen LogP) is 10.1. The number of thioether (sulfide) groups is 2. The number of anilines is 1. The number of hydrogen-bond acceptors (Lipinski definition) is 5. The maximum absolute atomic E-state index is 14.3. The predicted molar refractivity (Wildman–Crippen MR) is 202 cm³/mol. The van der Waals surface area contributed by atoms with Crippen molar-refractivity contribution in [1.82, 2.24) is 18.9 Å². The Balaban J connectivity index is 0.000000824. The first kappa shape index (κ1) is 48.9. The van der Waals surface area contributed by atoms with Gasteiger partial charge in [-0.2, -0.15) is 26.3 Å². The lowest BCUT2D eigenvalue weighted by atomic mass is 10.2. The number of nitrogens with zero attached hydrogens (tertiary/aromatic N) is 5. The van der Waals surface area contributed by atoms with E-state index in [1.807, 2.05) is 59.9 Å². The van der Waals surface area contributed by atoms with Gasteiger partial charge in [0, 0.05) is 64.5 Å². The molecule has 0 aliphatic rings. The highest BCUT2D eigenvalue weighted by Crippen LogP contribution is 2.34. The monoisotopic (exact) mass is 796 g/mol. The quantitative estimate of drug-likeness (QED) is 0.0663. The minimum absolute atomic E-state index is 0. The average molecular weight is 797 g/mol. The van der Waals surface area contributed by atoms with Crippen LogP contribution in [0.2, 0.25) is 0 Å². The number of carbonyl (C=O) groups is 1. The highest BCUT2D eigenvalue weighted by atomic mass is 32.2. The van der Waals surface area contributed by atoms with Crippen LogP contribution in [0.1, 0.15) is 42.2 Å². The first-order chi connectivity index (χ1) is 23.5. The molecule has 0 bridgehead atoms. The van der Waals surface area contributed by atoms with Crippen molar-refractivity contribution in [2.24, 2.45) is 19.1 Å². The fourth-order valence-corrected chi connectivity index (χ4v) is 5.75. The summed E-state index contributed by atoms with van der Waals surface area (Å²) in [5, 5.41) is 0. The summed E-state index contributed by atoms with van der Waals surface area (Å²) < 4.78 is 104. The summed E-state index contributed by atoms with van der Waals surface area (Å²) in [5.74, 6) is -2.65. The van der Waals surface area contributed by atoms with Crippen LogP contribution in [0.15, 0.2) is 75.7 Å². The maximum atomic E-state index is 14.3. The van der Waals surface area contributed by atoms with Gasteiger partial charge in [0.1, 0.15) is 23.0 Å². The van der Waals surface area contributed by atoms with Crippen LogP contribution in [0, 0.1) is 25.5 Å². The van der Waals surface area contributed by atoms with Crippen LogP contribution in [0.25, 0.3) is 0 Å². The van der Waals surface area contributed by atoms with E-state index in [9.17, 15) is 39.9 Å². The molecule has 53 heavy (non-hydrogen) atoms. The van der Waals surface area contributed by atoms with Crippen molar-refractivity contribution < 1.29 is 39.9 Å². The van der Waals surface area contributed by atoms with Gasteiger partial charge >= 0.3 is 12.4 Å². The Morgan fingerprint density at radius 1 is 0.736 bits per heavy atom. The van der Waals surface area contributed by atoms with Gasteiger partial charge in [-0.15, -0.1) is 23.5 Å². The summed E-state index contributed by atoms with van der Waals surface area (Å²) >= 11 is 1.24. The second kappa shape index (κ2) is 20.9. The van der Waals surface area contributed by atoms with E-state index in [2.05, 4.69) is 4.99 Å². The van der Waals surface area contributed by atoms with Crippen molar-refractivity contribution >= 4 is 46.6 Å². The summed E-state index contributed by atoms with van der Waals surface area (Å²) in [7, 11) is 10.7. The van der Waals surface area contributed by atoms with E-state index in [-0.39, 0.29) is 32.1 Å². The summed E-state index contributed by atoms with van der Waals surface area (Å²) in [6.07, 6.45) is -4.83. The van der Waals surface area contributed by atoms with Crippen molar-refractivity contribution in [2.75, 3.05) is 45.4 Å². The standard InChI is InChI=1S/C17H19F4N3S.C9H9F4NS.C8H12N2O.2CH4/c1-11-8-12(18)13(9-15(11)25-10-17(19,20)21)22-16(23(2)3)14-6-5-7-24(14)4;1-5-2-6(10)7(14)3-8(5)15-4-9(11,12)13;1-9(2)8(11)7-5-4-6-10(7)3;;/h5-9H,10H2,1-4H3;2-3H,4,14H2,1H3;4-6H,1-3H3;2*1H4. The molecule has 0 radical (unpaired) electrons. The lowest BCUT2D eigenvalue weighted by Crippen LogP contribution is -2.25. The van der Waals surface area contributed by atoms with Crippen molar-refractivity contribution in [3.05, 3.63) is 95.1 Å². The molecule has 4 rings (SSSR count). The van der Waals surface area contributed by atoms with E-state index < -0.39 is 35.5 Å². The minimum Gasteiger partial charge on any atom is -0.396 e. The highest BCUT2D eigenvalue weighted by Gasteiger charge is 2.28. The van der Waals surface area contributed by atoms with Crippen LogP contribution < -0.4 is 5.73 Å². The second-order valence-electron chi connectivity index (χ2n) is 11.6. The number of aromatic nitrogens is 2. The normalized spacial score (nSPS) is 11.3. The smallest absolute Gasteiger partial charge is 0.396 e. The topological polar surface area (TPSA) is 71.8 Å². The van der Waals surface area contributed by atoms with E-state index in [0.29, 0.717) is 50.3 Å². The van der Waals surface area contributed by atoms with E-state index in [4.69, 9.17) is 5.73 Å². The molecule has 7 nitrogen and oxygen atoms in total. The van der Waals surface area contributed by atoms with Crippen LogP contribution in [-0.4, -0.2) is 82.7 Å². The Bertz CT molecular complexity index is 1800. The van der Waals surface area contributed by atoms with Gasteiger partial charge in [-0.05, 0) is 73.5 Å². The third-order valence-corrected chi connectivity index (χ3v) is 9.16. The molecule has 2 aromatic carbocycles. The summed E-state index contributed by atoms with van der Waals surface area (Å²) in [4.78, 5) is 19.7. The molecule has 0 aliphatic carbocycles. The summed E-state index contributed by atoms with van der Waals surface area (Å²) in [6, 6.07) is 12.3. The zero-order valence-electron chi connectivity index (χ0n) is 29.2. The zero-order valence-corrected chi connectivity index (χ0v) is 30.9. The number of hydrogen-bond donors (Lipinski definition) is 1. The first-order valence-corrected chi connectivity index (χ1v) is 16.9. The van der Waals surface area contributed by atoms with Crippen molar-refractivity contribution in [1.29, 1.82) is 0 Å². The number of halogens is 8. The van der Waals surface area contributed by atoms with Crippen LogP contribution in [0.5, 0.6) is 0 Å². The Morgan fingerprint density at radius 2 is 1.17 bits per heavy atom. The van der Waals surface area contributed by atoms with Gasteiger partial charge in [-0.25, -0.2) is 13.8 Å². The van der Waals surface area contributed by atoms with Crippen LogP contribution >= 0.6 is 23.5 Å². The largest absolute Gasteiger partial charge is 0.398 e. The van der Waals surface area contributed by atoms with E-state index in [1.54, 1.807) is 51.8 Å². The minimum atomic E-state index is -4.28. The van der Waals surface area contributed by atoms with Crippen LogP contribution in [-0.2, 0) is 14.1 Å². The number of carbonyl (C=O) groups excluding carboxylic acids is 1. The molecule has 0 unspecified atom stereocenters. The third-order valence-electron chi connectivity index (χ3n) is 6.71. The number of rotatable bonds is 7. The highest BCUT2D eigenvalue weighted by molar-refractivity contribution is 7.99. The number of aryl methyl sites for hydroxylation is 4. The summed E-state index contributed by atoms with van der Waals surface area (Å²) in [5.41, 5.74) is 7.54. The molecule has 1 amide bonds. The molecule has 0 atom stereocenters. The molecule has 0 fully saturated rings. The fraction of sp³-hybridized carbons (Fsp3) is 0.389. The Morgan fingerprint density at radius 3 is 1.57 bits per heavy atom. The van der Waals surface area contributed by atoms with Crippen LogP contribution in [0.3, 0.4) is 0 Å². The van der Waals surface area contributed by atoms with E-state index >= 15 is 0 Å². The number of alkyl halides is 6. The first-order valence-electron chi connectivity index (χ1n) is 15.0. The van der Waals surface area contributed by atoms with E-state index in [0.717, 1.165) is 17.5 Å². The van der Waals surface area contributed by atoms with Crippen molar-refractivity contribution in [3.63, 3.8) is 0 Å². The Hall–Kier alpha value is -4.12. The van der Waals surface area contributed by atoms with Crippen molar-refractivity contribution in [3.8, 4) is 0 Å². The fourth-order valence-electron chi connectivity index (χ4n) is 4.13. The summed E-state index contributed by atoms with van der Waals surface area (Å²) in [6.45, 7) is 3.13. The van der Waals surface area contributed by atoms with Gasteiger partial charge in [0.15, 0.2) is 5.84 Å². The molecule has 2 N–H and O–H groups in total. The SMILES string of the molecule is C.C.CN(C)C(=O)c1cccn1C.Cc1cc(F)c(N)cc1SCC(F)(F)F.Cc1cc(F)c(N=C(c2cccn2C)N(C)C)cc1SCC(F)(F)F. The molecule has 2 aromatic heterocycles. The number of nitrogens with two attached hydrogens (primary N) is 1. The molecule has 2 heterocycles. The van der Waals surface area contributed by atoms with Gasteiger partial charge in [-0.1, -0.05) is 14.9 Å². The molecule has 17 heteroatoms. The molecule has 296 valence electrons. The molecular weight excluding hydrogens is 749 g/mol. The second-order valence-corrected chi connectivity index (χ2v) is 13.6. The maximum Gasteiger partial charge on any atom is 0.398 e. The Labute approximate surface area is 315 Å².